The molecule has 4 aromatic rings. The van der Waals surface area contributed by atoms with Gasteiger partial charge in [0.05, 0.1) is 5.69 Å². The first-order chi connectivity index (χ1) is 11.3. The molecule has 3 N–H and O–H groups in total. The third kappa shape index (κ3) is 2.89. The number of fused-ring (bicyclic) bond motifs is 1. The number of rotatable bonds is 3. The van der Waals surface area contributed by atoms with Crippen molar-refractivity contribution < 1.29 is 0 Å². The average molecular weight is 317 g/mol. The van der Waals surface area contributed by atoms with Gasteiger partial charge in [0.25, 0.3) is 0 Å². The standard InChI is InChI=1S/C19H15N3S/c20-16-7-9-17(10-8-16)21-19-22-18(12-23-19)15-6-5-13-3-1-2-4-14(13)11-15/h1-12H,20H2,(H,21,22). The third-order valence-electron chi connectivity index (χ3n) is 3.71. The summed E-state index contributed by atoms with van der Waals surface area (Å²) in [6.07, 6.45) is 0. The van der Waals surface area contributed by atoms with Gasteiger partial charge >= 0.3 is 0 Å². The van der Waals surface area contributed by atoms with Crippen LogP contribution < -0.4 is 11.1 Å². The average Bonchev–Trinajstić information content (AvgIpc) is 3.05. The number of nitrogens with two attached hydrogens (primary N) is 1. The van der Waals surface area contributed by atoms with Crippen LogP contribution in [0, 0.1) is 0 Å². The van der Waals surface area contributed by atoms with Crippen molar-refractivity contribution in [1.82, 2.24) is 4.98 Å². The van der Waals surface area contributed by atoms with E-state index in [4.69, 9.17) is 5.73 Å². The number of benzene rings is 3. The van der Waals surface area contributed by atoms with Crippen LogP contribution in [-0.2, 0) is 0 Å². The first-order valence-corrected chi connectivity index (χ1v) is 8.23. The summed E-state index contributed by atoms with van der Waals surface area (Å²) < 4.78 is 0. The molecule has 0 amide bonds. The molecule has 4 rings (SSSR count). The lowest BCUT2D eigenvalue weighted by Crippen LogP contribution is -1.90. The highest BCUT2D eigenvalue weighted by atomic mass is 32.1. The monoisotopic (exact) mass is 317 g/mol. The Balaban J connectivity index is 1.62. The minimum atomic E-state index is 0.756. The van der Waals surface area contributed by atoms with Crippen molar-refractivity contribution >= 4 is 38.6 Å². The van der Waals surface area contributed by atoms with Crippen LogP contribution in [0.5, 0.6) is 0 Å². The largest absolute Gasteiger partial charge is 0.399 e. The molecule has 0 radical (unpaired) electrons. The molecule has 0 unspecified atom stereocenters. The van der Waals surface area contributed by atoms with Gasteiger partial charge in [-0.25, -0.2) is 4.98 Å². The molecule has 1 heterocycles. The molecule has 4 heteroatoms. The van der Waals surface area contributed by atoms with Gasteiger partial charge in [-0.3, -0.25) is 0 Å². The Morgan fingerprint density at radius 2 is 1.65 bits per heavy atom. The number of hydrogen-bond acceptors (Lipinski definition) is 4. The van der Waals surface area contributed by atoms with Gasteiger partial charge < -0.3 is 11.1 Å². The fourth-order valence-corrected chi connectivity index (χ4v) is 3.24. The second kappa shape index (κ2) is 5.74. The maximum Gasteiger partial charge on any atom is 0.187 e. The van der Waals surface area contributed by atoms with Crippen molar-refractivity contribution in [2.45, 2.75) is 0 Å². The molecule has 1 aromatic heterocycles. The number of nitrogens with zero attached hydrogens (tertiary/aromatic N) is 1. The summed E-state index contributed by atoms with van der Waals surface area (Å²) in [5.74, 6) is 0. The lowest BCUT2D eigenvalue weighted by Gasteiger charge is -2.03. The number of nitrogen functional groups attached to an aromatic ring is 1. The summed E-state index contributed by atoms with van der Waals surface area (Å²) in [6, 6.07) is 22.4. The summed E-state index contributed by atoms with van der Waals surface area (Å²) in [4.78, 5) is 4.68. The fourth-order valence-electron chi connectivity index (χ4n) is 2.50. The topological polar surface area (TPSA) is 50.9 Å². The molecular weight excluding hydrogens is 302 g/mol. The van der Waals surface area contributed by atoms with Gasteiger partial charge in [0.15, 0.2) is 5.13 Å². The Kier molecular flexibility index (Phi) is 3.44. The molecule has 0 saturated carbocycles. The first kappa shape index (κ1) is 13.8. The highest BCUT2D eigenvalue weighted by Crippen LogP contribution is 2.29. The van der Waals surface area contributed by atoms with Gasteiger partial charge in [0, 0.05) is 22.3 Å². The van der Waals surface area contributed by atoms with Crippen LogP contribution in [0.1, 0.15) is 0 Å². The third-order valence-corrected chi connectivity index (χ3v) is 4.47. The van der Waals surface area contributed by atoms with Crippen molar-refractivity contribution in [2.24, 2.45) is 0 Å². The number of hydrogen-bond donors (Lipinski definition) is 2. The zero-order valence-corrected chi connectivity index (χ0v) is 13.2. The molecule has 0 aliphatic rings. The van der Waals surface area contributed by atoms with Crippen LogP contribution in [0.15, 0.2) is 72.1 Å². The first-order valence-electron chi connectivity index (χ1n) is 7.35. The molecule has 0 saturated heterocycles. The smallest absolute Gasteiger partial charge is 0.187 e. The Morgan fingerprint density at radius 3 is 2.48 bits per heavy atom. The van der Waals surface area contributed by atoms with Crippen LogP contribution in [0.2, 0.25) is 0 Å². The molecule has 112 valence electrons. The lowest BCUT2D eigenvalue weighted by atomic mass is 10.1. The molecule has 3 aromatic carbocycles. The maximum absolute atomic E-state index is 5.70. The predicted octanol–water partition coefficient (Wildman–Crippen LogP) is 5.29. The number of thiazole rings is 1. The Labute approximate surface area is 138 Å². The minimum absolute atomic E-state index is 0.756. The van der Waals surface area contributed by atoms with Crippen molar-refractivity contribution in [3.05, 3.63) is 72.1 Å². The van der Waals surface area contributed by atoms with E-state index in [9.17, 15) is 0 Å². The van der Waals surface area contributed by atoms with Gasteiger partial charge in [0.1, 0.15) is 0 Å². The predicted molar refractivity (Wildman–Crippen MR) is 99.2 cm³/mol. The van der Waals surface area contributed by atoms with E-state index in [1.807, 2.05) is 24.3 Å². The molecule has 3 nitrogen and oxygen atoms in total. The number of nitrogens with one attached hydrogen (secondary N) is 1. The highest BCUT2D eigenvalue weighted by Gasteiger charge is 2.06. The van der Waals surface area contributed by atoms with E-state index in [1.54, 1.807) is 11.3 Å². The van der Waals surface area contributed by atoms with Crippen LogP contribution in [0.4, 0.5) is 16.5 Å². The molecular formula is C19H15N3S. The molecule has 0 aliphatic carbocycles. The van der Waals surface area contributed by atoms with Crippen LogP contribution in [0.3, 0.4) is 0 Å². The van der Waals surface area contributed by atoms with Gasteiger partial charge in [-0.15, -0.1) is 11.3 Å². The maximum atomic E-state index is 5.70. The van der Waals surface area contributed by atoms with E-state index < -0.39 is 0 Å². The Bertz CT molecular complexity index is 958. The molecule has 0 aliphatic heterocycles. The molecule has 23 heavy (non-hydrogen) atoms. The highest BCUT2D eigenvalue weighted by molar-refractivity contribution is 7.14. The quantitative estimate of drug-likeness (QED) is 0.505. The Morgan fingerprint density at radius 1 is 0.870 bits per heavy atom. The van der Waals surface area contributed by atoms with E-state index in [2.05, 4.69) is 58.1 Å². The lowest BCUT2D eigenvalue weighted by molar-refractivity contribution is 1.39. The second-order valence-electron chi connectivity index (χ2n) is 5.35. The summed E-state index contributed by atoms with van der Waals surface area (Å²) >= 11 is 1.60. The summed E-state index contributed by atoms with van der Waals surface area (Å²) in [5.41, 5.74) is 9.56. The normalized spacial score (nSPS) is 10.8. The van der Waals surface area contributed by atoms with Gasteiger partial charge in [0.2, 0.25) is 0 Å². The van der Waals surface area contributed by atoms with E-state index in [1.165, 1.54) is 10.8 Å². The molecule has 0 atom stereocenters. The van der Waals surface area contributed by atoms with Gasteiger partial charge in [-0.05, 0) is 41.1 Å². The number of anilines is 3. The van der Waals surface area contributed by atoms with Gasteiger partial charge in [-0.2, -0.15) is 0 Å². The molecule has 0 spiro atoms. The van der Waals surface area contributed by atoms with Crippen molar-refractivity contribution in [2.75, 3.05) is 11.1 Å². The summed E-state index contributed by atoms with van der Waals surface area (Å²) in [7, 11) is 0. The second-order valence-corrected chi connectivity index (χ2v) is 6.20. The van der Waals surface area contributed by atoms with E-state index in [0.717, 1.165) is 27.8 Å². The summed E-state index contributed by atoms with van der Waals surface area (Å²) in [6.45, 7) is 0. The van der Waals surface area contributed by atoms with Gasteiger partial charge in [-0.1, -0.05) is 36.4 Å². The zero-order chi connectivity index (χ0) is 15.6. The van der Waals surface area contributed by atoms with Crippen LogP contribution in [-0.4, -0.2) is 4.98 Å². The van der Waals surface area contributed by atoms with Crippen molar-refractivity contribution in [3.8, 4) is 11.3 Å². The van der Waals surface area contributed by atoms with Crippen LogP contribution in [0.25, 0.3) is 22.0 Å². The molecule has 0 bridgehead atoms. The molecule has 0 fully saturated rings. The van der Waals surface area contributed by atoms with Crippen molar-refractivity contribution in [3.63, 3.8) is 0 Å². The Hall–Kier alpha value is -2.85. The van der Waals surface area contributed by atoms with Crippen LogP contribution >= 0.6 is 11.3 Å². The summed E-state index contributed by atoms with van der Waals surface area (Å²) in [5, 5.41) is 8.73. The van der Waals surface area contributed by atoms with Crippen molar-refractivity contribution in [1.29, 1.82) is 0 Å². The van der Waals surface area contributed by atoms with E-state index in [0.29, 0.717) is 0 Å². The van der Waals surface area contributed by atoms with E-state index >= 15 is 0 Å². The minimum Gasteiger partial charge on any atom is -0.399 e. The SMILES string of the molecule is Nc1ccc(Nc2nc(-c3ccc4ccccc4c3)cs2)cc1. The fraction of sp³-hybridized carbons (Fsp3) is 0. The zero-order valence-electron chi connectivity index (χ0n) is 12.4. The number of aromatic nitrogens is 1. The van der Waals surface area contributed by atoms with E-state index in [-0.39, 0.29) is 0 Å².